The first-order valence-corrected chi connectivity index (χ1v) is 5.94. The number of hydrogen-bond acceptors (Lipinski definition) is 4. The van der Waals surface area contributed by atoms with Crippen LogP contribution in [-0.2, 0) is 4.79 Å². The van der Waals surface area contributed by atoms with Crippen LogP contribution >= 0.6 is 0 Å². The minimum Gasteiger partial charge on any atom is -0.305 e. The number of likely N-dealkylation sites (tertiary alicyclic amines) is 1. The average Bonchev–Trinajstić information content (AvgIpc) is 2.74. The SMILES string of the molecule is CC(CCC(=O)NN)N1CCC(N(C)C)C1. The minimum atomic E-state index is -0.0739. The molecule has 1 fully saturated rings. The highest BCUT2D eigenvalue weighted by Gasteiger charge is 2.27. The summed E-state index contributed by atoms with van der Waals surface area (Å²) in [6.45, 7) is 4.43. The Kier molecular flexibility index (Phi) is 5.18. The summed E-state index contributed by atoms with van der Waals surface area (Å²) in [5, 5.41) is 0. The lowest BCUT2D eigenvalue weighted by Gasteiger charge is -2.25. The van der Waals surface area contributed by atoms with E-state index in [9.17, 15) is 4.79 Å². The molecular formula is C11H24N4O. The van der Waals surface area contributed by atoms with Gasteiger partial charge in [0.1, 0.15) is 0 Å². The van der Waals surface area contributed by atoms with Crippen LogP contribution in [0.15, 0.2) is 0 Å². The molecule has 0 radical (unpaired) electrons. The highest BCUT2D eigenvalue weighted by atomic mass is 16.2. The van der Waals surface area contributed by atoms with Gasteiger partial charge in [-0.25, -0.2) is 5.84 Å². The monoisotopic (exact) mass is 228 g/mol. The lowest BCUT2D eigenvalue weighted by Crippen LogP contribution is -2.37. The van der Waals surface area contributed by atoms with Gasteiger partial charge in [0, 0.05) is 31.6 Å². The number of amides is 1. The fraction of sp³-hybridized carbons (Fsp3) is 0.909. The zero-order chi connectivity index (χ0) is 12.1. The van der Waals surface area contributed by atoms with Gasteiger partial charge in [-0.15, -0.1) is 0 Å². The van der Waals surface area contributed by atoms with Crippen molar-refractivity contribution < 1.29 is 4.79 Å². The fourth-order valence-electron chi connectivity index (χ4n) is 2.18. The first-order valence-electron chi connectivity index (χ1n) is 5.94. The number of rotatable bonds is 5. The molecule has 0 aliphatic carbocycles. The molecule has 16 heavy (non-hydrogen) atoms. The van der Waals surface area contributed by atoms with Gasteiger partial charge in [-0.1, -0.05) is 0 Å². The van der Waals surface area contributed by atoms with Crippen LogP contribution in [0.1, 0.15) is 26.2 Å². The lowest BCUT2D eigenvalue weighted by atomic mass is 10.1. The minimum absolute atomic E-state index is 0.0739. The summed E-state index contributed by atoms with van der Waals surface area (Å²) in [5.41, 5.74) is 2.17. The Morgan fingerprint density at radius 3 is 2.81 bits per heavy atom. The predicted octanol–water partition coefficient (Wildman–Crippen LogP) is -0.219. The number of hydrogen-bond donors (Lipinski definition) is 2. The molecule has 1 heterocycles. The molecule has 0 saturated carbocycles. The van der Waals surface area contributed by atoms with E-state index in [4.69, 9.17) is 5.84 Å². The van der Waals surface area contributed by atoms with Crippen molar-refractivity contribution in [3.8, 4) is 0 Å². The van der Waals surface area contributed by atoms with Gasteiger partial charge in [-0.05, 0) is 33.9 Å². The van der Waals surface area contributed by atoms with Gasteiger partial charge >= 0.3 is 0 Å². The lowest BCUT2D eigenvalue weighted by molar-refractivity contribution is -0.121. The van der Waals surface area contributed by atoms with E-state index < -0.39 is 0 Å². The molecule has 5 heteroatoms. The summed E-state index contributed by atoms with van der Waals surface area (Å²) in [5.74, 6) is 4.98. The van der Waals surface area contributed by atoms with E-state index in [0.29, 0.717) is 18.5 Å². The Hall–Kier alpha value is -0.650. The third-order valence-electron chi connectivity index (χ3n) is 3.50. The summed E-state index contributed by atoms with van der Waals surface area (Å²) in [6, 6.07) is 1.12. The predicted molar refractivity (Wildman–Crippen MR) is 64.7 cm³/mol. The van der Waals surface area contributed by atoms with Crippen LogP contribution in [0.3, 0.4) is 0 Å². The van der Waals surface area contributed by atoms with Gasteiger partial charge in [0.25, 0.3) is 0 Å². The molecule has 0 aromatic carbocycles. The molecule has 0 aromatic rings. The number of likely N-dealkylation sites (N-methyl/N-ethyl adjacent to an activating group) is 1. The molecule has 0 spiro atoms. The number of carbonyl (C=O) groups is 1. The number of nitrogens with zero attached hydrogens (tertiary/aromatic N) is 2. The first kappa shape index (κ1) is 13.4. The molecule has 1 rings (SSSR count). The van der Waals surface area contributed by atoms with Crippen LogP contribution in [0.2, 0.25) is 0 Å². The first-order chi connectivity index (χ1) is 7.54. The summed E-state index contributed by atoms with van der Waals surface area (Å²) in [7, 11) is 4.25. The van der Waals surface area contributed by atoms with Crippen LogP contribution in [0.25, 0.3) is 0 Å². The highest BCUT2D eigenvalue weighted by molar-refractivity contribution is 5.75. The van der Waals surface area contributed by atoms with E-state index in [2.05, 4.69) is 36.2 Å². The van der Waals surface area contributed by atoms with Gasteiger partial charge < -0.3 is 4.90 Å². The van der Waals surface area contributed by atoms with Crippen molar-refractivity contribution in [1.29, 1.82) is 0 Å². The van der Waals surface area contributed by atoms with E-state index in [1.165, 1.54) is 6.42 Å². The third kappa shape index (κ3) is 3.73. The van der Waals surface area contributed by atoms with E-state index >= 15 is 0 Å². The van der Waals surface area contributed by atoms with E-state index in [1.54, 1.807) is 0 Å². The van der Waals surface area contributed by atoms with E-state index in [1.807, 2.05) is 0 Å². The van der Waals surface area contributed by atoms with Crippen molar-refractivity contribution in [2.24, 2.45) is 5.84 Å². The smallest absolute Gasteiger partial charge is 0.233 e. The molecule has 2 atom stereocenters. The molecule has 3 N–H and O–H groups in total. The maximum absolute atomic E-state index is 11.0. The molecule has 1 saturated heterocycles. The van der Waals surface area contributed by atoms with Gasteiger partial charge in [0.15, 0.2) is 0 Å². The quantitative estimate of drug-likeness (QED) is 0.388. The van der Waals surface area contributed by atoms with Crippen molar-refractivity contribution in [2.45, 2.75) is 38.3 Å². The second kappa shape index (κ2) is 6.18. The molecule has 1 aliphatic heterocycles. The highest BCUT2D eigenvalue weighted by Crippen LogP contribution is 2.18. The summed E-state index contributed by atoms with van der Waals surface area (Å²) in [4.78, 5) is 15.8. The topological polar surface area (TPSA) is 61.6 Å². The Balaban J connectivity index is 2.28. The largest absolute Gasteiger partial charge is 0.305 e. The van der Waals surface area contributed by atoms with Gasteiger partial charge in [-0.2, -0.15) is 0 Å². The normalized spacial score (nSPS) is 23.7. The average molecular weight is 228 g/mol. The molecule has 0 aromatic heterocycles. The van der Waals surface area contributed by atoms with Gasteiger partial charge in [0.2, 0.25) is 5.91 Å². The molecule has 2 unspecified atom stereocenters. The van der Waals surface area contributed by atoms with Crippen molar-refractivity contribution in [3.63, 3.8) is 0 Å². The zero-order valence-corrected chi connectivity index (χ0v) is 10.6. The standard InChI is InChI=1S/C11H24N4O/c1-9(4-5-11(16)13-12)15-7-6-10(8-15)14(2)3/h9-10H,4-8,12H2,1-3H3,(H,13,16). The van der Waals surface area contributed by atoms with Crippen LogP contribution in [0, 0.1) is 0 Å². The zero-order valence-electron chi connectivity index (χ0n) is 10.6. The molecule has 0 bridgehead atoms. The number of hydrazine groups is 1. The Bertz CT molecular complexity index is 232. The molecule has 1 aliphatic rings. The summed E-state index contributed by atoms with van der Waals surface area (Å²) in [6.07, 6.45) is 2.62. The Morgan fingerprint density at radius 1 is 1.62 bits per heavy atom. The summed E-state index contributed by atoms with van der Waals surface area (Å²) < 4.78 is 0. The molecule has 5 nitrogen and oxygen atoms in total. The Labute approximate surface area is 97.9 Å². The second-order valence-electron chi connectivity index (χ2n) is 4.86. The number of nitrogens with two attached hydrogens (primary N) is 1. The third-order valence-corrected chi connectivity index (χ3v) is 3.50. The van der Waals surface area contributed by atoms with Crippen molar-refractivity contribution in [1.82, 2.24) is 15.2 Å². The second-order valence-corrected chi connectivity index (χ2v) is 4.86. The van der Waals surface area contributed by atoms with Crippen LogP contribution in [0.5, 0.6) is 0 Å². The summed E-state index contributed by atoms with van der Waals surface area (Å²) >= 11 is 0. The molecule has 1 amide bonds. The number of nitrogens with one attached hydrogen (secondary N) is 1. The van der Waals surface area contributed by atoms with Crippen LogP contribution in [-0.4, -0.2) is 55.0 Å². The number of carbonyl (C=O) groups excluding carboxylic acids is 1. The maximum atomic E-state index is 11.0. The van der Waals surface area contributed by atoms with Crippen molar-refractivity contribution in [3.05, 3.63) is 0 Å². The van der Waals surface area contributed by atoms with Gasteiger partial charge in [-0.3, -0.25) is 15.1 Å². The van der Waals surface area contributed by atoms with E-state index in [-0.39, 0.29) is 5.91 Å². The van der Waals surface area contributed by atoms with Crippen molar-refractivity contribution in [2.75, 3.05) is 27.2 Å². The van der Waals surface area contributed by atoms with E-state index in [0.717, 1.165) is 19.5 Å². The van der Waals surface area contributed by atoms with Crippen molar-refractivity contribution >= 4 is 5.91 Å². The van der Waals surface area contributed by atoms with Crippen LogP contribution < -0.4 is 11.3 Å². The Morgan fingerprint density at radius 2 is 2.31 bits per heavy atom. The van der Waals surface area contributed by atoms with Crippen LogP contribution in [0.4, 0.5) is 0 Å². The fourth-order valence-corrected chi connectivity index (χ4v) is 2.18. The molecular weight excluding hydrogens is 204 g/mol. The maximum Gasteiger partial charge on any atom is 0.233 e. The van der Waals surface area contributed by atoms with Gasteiger partial charge in [0.05, 0.1) is 0 Å². The molecule has 94 valence electrons.